The second-order valence-corrected chi connectivity index (χ2v) is 8.58. The molecule has 2 heterocycles. The molecular formula is C23H28F3N3O4. The highest BCUT2D eigenvalue weighted by molar-refractivity contribution is 5.88. The fourth-order valence-corrected chi connectivity index (χ4v) is 4.74. The number of carbonyl (C=O) groups is 2. The van der Waals surface area contributed by atoms with Crippen LogP contribution in [0.1, 0.15) is 42.7 Å². The molecule has 33 heavy (non-hydrogen) atoms. The highest BCUT2D eigenvalue weighted by Gasteiger charge is 2.43. The van der Waals surface area contributed by atoms with Gasteiger partial charge in [0, 0.05) is 24.8 Å². The number of alkyl halides is 3. The van der Waals surface area contributed by atoms with Crippen LogP contribution in [0.2, 0.25) is 0 Å². The van der Waals surface area contributed by atoms with E-state index in [2.05, 4.69) is 11.7 Å². The molecule has 0 bridgehead atoms. The van der Waals surface area contributed by atoms with Crippen molar-refractivity contribution in [3.63, 3.8) is 0 Å². The van der Waals surface area contributed by atoms with E-state index in [-0.39, 0.29) is 41.8 Å². The van der Waals surface area contributed by atoms with Gasteiger partial charge in [-0.2, -0.15) is 23.0 Å². The predicted octanol–water partition coefficient (Wildman–Crippen LogP) is 4.60. The van der Waals surface area contributed by atoms with Crippen LogP contribution in [0.15, 0.2) is 41.6 Å². The molecule has 0 radical (unpaired) electrons. The van der Waals surface area contributed by atoms with Gasteiger partial charge in [0.25, 0.3) is 0 Å². The minimum atomic E-state index is -4.44. The molecule has 10 heteroatoms. The van der Waals surface area contributed by atoms with Gasteiger partial charge in [-0.3, -0.25) is 0 Å². The molecular weight excluding hydrogens is 439 g/mol. The van der Waals surface area contributed by atoms with Gasteiger partial charge in [-0.1, -0.05) is 18.7 Å². The summed E-state index contributed by atoms with van der Waals surface area (Å²) in [6.07, 6.45) is 0.718. The summed E-state index contributed by atoms with van der Waals surface area (Å²) in [6.45, 7) is 9.05. The summed E-state index contributed by atoms with van der Waals surface area (Å²) in [5, 5.41) is 13.0. The van der Waals surface area contributed by atoms with Crippen molar-refractivity contribution in [2.45, 2.75) is 45.9 Å². The van der Waals surface area contributed by atoms with Gasteiger partial charge in [0.2, 0.25) is 0 Å². The zero-order chi connectivity index (χ0) is 24.5. The highest BCUT2D eigenvalue weighted by atomic mass is 19.4. The number of aryl methyl sites for hydroxylation is 1. The molecule has 180 valence electrons. The van der Waals surface area contributed by atoms with Gasteiger partial charge in [-0.15, -0.1) is 0 Å². The van der Waals surface area contributed by atoms with Gasteiger partial charge in [-0.25, -0.2) is 9.59 Å². The van der Waals surface area contributed by atoms with Gasteiger partial charge in [0.15, 0.2) is 5.69 Å². The average molecular weight is 467 g/mol. The van der Waals surface area contributed by atoms with E-state index in [9.17, 15) is 22.8 Å². The van der Waals surface area contributed by atoms with Crippen LogP contribution < -0.4 is 0 Å². The third kappa shape index (κ3) is 5.21. The van der Waals surface area contributed by atoms with Crippen LogP contribution in [0.3, 0.4) is 0 Å². The van der Waals surface area contributed by atoms with Crippen LogP contribution in [0.25, 0.3) is 0 Å². The minimum Gasteiger partial charge on any atom is -0.476 e. The lowest BCUT2D eigenvalue weighted by Crippen LogP contribution is -2.34. The van der Waals surface area contributed by atoms with Crippen molar-refractivity contribution < 1.29 is 32.6 Å². The fraction of sp³-hybridized carbons (Fsp3) is 0.522. The number of likely N-dealkylation sites (tertiary alicyclic amines) is 1. The maximum atomic E-state index is 13.2. The number of carboxylic acid groups (broad SMARTS) is 1. The Balaban J connectivity index is 1.58. The molecule has 1 aromatic rings. The van der Waals surface area contributed by atoms with Crippen molar-refractivity contribution >= 4 is 12.0 Å². The third-order valence-corrected chi connectivity index (χ3v) is 6.47. The Morgan fingerprint density at radius 2 is 1.91 bits per heavy atom. The summed E-state index contributed by atoms with van der Waals surface area (Å²) >= 11 is 0. The Morgan fingerprint density at radius 1 is 1.30 bits per heavy atom. The van der Waals surface area contributed by atoms with E-state index in [4.69, 9.17) is 9.84 Å². The number of nitrogens with zero attached hydrogens (tertiary/aromatic N) is 3. The van der Waals surface area contributed by atoms with Crippen molar-refractivity contribution in [2.24, 2.45) is 11.8 Å². The molecule has 1 amide bonds. The first-order valence-electron chi connectivity index (χ1n) is 10.7. The summed E-state index contributed by atoms with van der Waals surface area (Å²) in [5.74, 6) is -0.751. The van der Waals surface area contributed by atoms with Crippen molar-refractivity contribution in [3.8, 4) is 0 Å². The minimum absolute atomic E-state index is 0.0417. The number of aromatic nitrogens is 2. The van der Waals surface area contributed by atoms with Gasteiger partial charge in [0.1, 0.15) is 0 Å². The second-order valence-electron chi connectivity index (χ2n) is 8.58. The molecule has 0 spiro atoms. The van der Waals surface area contributed by atoms with Crippen LogP contribution in [-0.4, -0.2) is 63.8 Å². The van der Waals surface area contributed by atoms with Crippen LogP contribution in [0.5, 0.6) is 0 Å². The highest BCUT2D eigenvalue weighted by Crippen LogP contribution is 2.40. The second kappa shape index (κ2) is 9.54. The number of carbonyl (C=O) groups excluding carboxylic acids is 1. The van der Waals surface area contributed by atoms with Crippen molar-refractivity contribution in [3.05, 3.63) is 52.9 Å². The number of ether oxygens (including phenoxy) is 1. The maximum Gasteiger partial charge on any atom is 0.416 e. The number of amides is 1. The topological polar surface area (TPSA) is 84.7 Å². The Labute approximate surface area is 190 Å². The van der Waals surface area contributed by atoms with E-state index in [0.717, 1.165) is 10.8 Å². The maximum absolute atomic E-state index is 13.2. The Bertz CT molecular complexity index is 995. The summed E-state index contributed by atoms with van der Waals surface area (Å²) in [5.41, 5.74) is 0.0713. The monoisotopic (exact) mass is 467 g/mol. The Kier molecular flexibility index (Phi) is 7.16. The van der Waals surface area contributed by atoms with Gasteiger partial charge >= 0.3 is 18.2 Å². The largest absolute Gasteiger partial charge is 0.476 e. The molecule has 1 aliphatic carbocycles. The summed E-state index contributed by atoms with van der Waals surface area (Å²) in [6, 6.07) is -0.365. The molecule has 2 unspecified atom stereocenters. The standard InChI is InChI=1S/C23H28F3N3O4/c1-5-15(14(4)19(6-2)23(24,25)26)12-33-18-7-16-10-28(11-17(16)8-18)22(32)29-9-13(3)20(27-29)21(30)31/h5-6,9,16-18H,1,7-8,10-12H2,2-4H3,(H,30,31)/b15-14+,19-6+. The zero-order valence-corrected chi connectivity index (χ0v) is 18.9. The molecule has 1 N–H and O–H groups in total. The van der Waals surface area contributed by atoms with Gasteiger partial charge < -0.3 is 14.7 Å². The first kappa shape index (κ1) is 24.8. The number of hydrogen-bond donors (Lipinski definition) is 1. The number of carboxylic acids is 1. The van der Waals surface area contributed by atoms with Gasteiger partial charge in [-0.05, 0) is 56.6 Å². The summed E-state index contributed by atoms with van der Waals surface area (Å²) in [7, 11) is 0. The molecule has 2 fully saturated rings. The lowest BCUT2D eigenvalue weighted by atomic mass is 10.0. The molecule has 1 aliphatic heterocycles. The van der Waals surface area contributed by atoms with E-state index in [1.165, 1.54) is 26.1 Å². The molecule has 2 atom stereocenters. The molecule has 0 aromatic carbocycles. The van der Waals surface area contributed by atoms with E-state index in [0.29, 0.717) is 37.1 Å². The summed E-state index contributed by atoms with van der Waals surface area (Å²) in [4.78, 5) is 25.6. The molecule has 2 aliphatic rings. The molecule has 1 saturated heterocycles. The number of aromatic carboxylic acids is 1. The first-order valence-corrected chi connectivity index (χ1v) is 10.7. The van der Waals surface area contributed by atoms with Crippen molar-refractivity contribution in [1.82, 2.24) is 14.7 Å². The smallest absolute Gasteiger partial charge is 0.416 e. The zero-order valence-electron chi connectivity index (χ0n) is 18.9. The number of hydrogen-bond acceptors (Lipinski definition) is 4. The Hall–Kier alpha value is -2.88. The number of rotatable bonds is 6. The molecule has 7 nitrogen and oxygen atoms in total. The van der Waals surface area contributed by atoms with Crippen LogP contribution in [0, 0.1) is 18.8 Å². The van der Waals surface area contributed by atoms with E-state index in [1.807, 2.05) is 0 Å². The molecule has 3 rings (SSSR count). The van der Waals surface area contributed by atoms with Crippen LogP contribution >= 0.6 is 0 Å². The van der Waals surface area contributed by atoms with Gasteiger partial charge in [0.05, 0.1) is 18.3 Å². The fourth-order valence-electron chi connectivity index (χ4n) is 4.74. The van der Waals surface area contributed by atoms with E-state index < -0.39 is 17.7 Å². The lowest BCUT2D eigenvalue weighted by molar-refractivity contribution is -0.0895. The number of allylic oxidation sites excluding steroid dienone is 3. The third-order valence-electron chi connectivity index (χ3n) is 6.47. The van der Waals surface area contributed by atoms with Crippen molar-refractivity contribution in [2.75, 3.05) is 19.7 Å². The molecule has 1 saturated carbocycles. The number of fused-ring (bicyclic) bond motifs is 1. The predicted molar refractivity (Wildman–Crippen MR) is 115 cm³/mol. The SMILES string of the molecule is C=C/C(COC1CC2CN(C(=O)n3cc(C)c(C(=O)O)n3)CC2C1)=C(C)\C(=C/C)C(F)(F)F. The van der Waals surface area contributed by atoms with Crippen molar-refractivity contribution in [1.29, 1.82) is 0 Å². The van der Waals surface area contributed by atoms with Crippen LogP contribution in [0.4, 0.5) is 18.0 Å². The first-order chi connectivity index (χ1) is 15.5. The van der Waals surface area contributed by atoms with E-state index >= 15 is 0 Å². The normalized spacial score (nSPS) is 24.0. The lowest BCUT2D eigenvalue weighted by Gasteiger charge is -2.20. The molecule has 1 aromatic heterocycles. The van der Waals surface area contributed by atoms with E-state index in [1.54, 1.807) is 11.8 Å². The Morgan fingerprint density at radius 3 is 2.36 bits per heavy atom. The number of halogens is 3. The summed E-state index contributed by atoms with van der Waals surface area (Å²) < 4.78 is 46.6. The van der Waals surface area contributed by atoms with Crippen LogP contribution in [-0.2, 0) is 4.74 Å². The quantitative estimate of drug-likeness (QED) is 0.619. The average Bonchev–Trinajstić information content (AvgIpc) is 3.40.